The van der Waals surface area contributed by atoms with Crippen molar-refractivity contribution in [1.29, 1.82) is 5.26 Å². The van der Waals surface area contributed by atoms with E-state index >= 15 is 0 Å². The fraction of sp³-hybridized carbons (Fsp3) is 0.526. The number of ether oxygens (including phenoxy) is 1. The second kappa shape index (κ2) is 9.09. The number of hydrogen-bond donors (Lipinski definition) is 2. The molecule has 2 amide bonds. The van der Waals surface area contributed by atoms with Crippen LogP contribution < -0.4 is 10.1 Å². The van der Waals surface area contributed by atoms with Gasteiger partial charge >= 0.3 is 6.09 Å². The minimum atomic E-state index is -1.17. The fourth-order valence-corrected chi connectivity index (χ4v) is 3.29. The van der Waals surface area contributed by atoms with Gasteiger partial charge in [-0.2, -0.15) is 5.26 Å². The van der Waals surface area contributed by atoms with Crippen molar-refractivity contribution in [3.8, 4) is 11.8 Å². The summed E-state index contributed by atoms with van der Waals surface area (Å²) in [7, 11) is 1.48. The molecule has 0 saturated carbocycles. The first-order chi connectivity index (χ1) is 12.4. The van der Waals surface area contributed by atoms with Crippen molar-refractivity contribution in [2.75, 3.05) is 12.4 Å². The average Bonchev–Trinajstić information content (AvgIpc) is 2.53. The third kappa shape index (κ3) is 5.86. The zero-order valence-electron chi connectivity index (χ0n) is 16.5. The molecule has 0 radical (unpaired) electrons. The molecule has 0 aliphatic rings. The van der Waals surface area contributed by atoms with Crippen molar-refractivity contribution >= 4 is 33.6 Å². The van der Waals surface area contributed by atoms with Gasteiger partial charge in [0.15, 0.2) is 0 Å². The number of carbonyl (C=O) groups is 2. The van der Waals surface area contributed by atoms with Gasteiger partial charge in [-0.1, -0.05) is 13.8 Å². The number of rotatable bonds is 6. The lowest BCUT2D eigenvalue weighted by atomic mass is 9.96. The van der Waals surface area contributed by atoms with E-state index in [1.54, 1.807) is 26.8 Å². The van der Waals surface area contributed by atoms with Gasteiger partial charge in [0.05, 0.1) is 22.8 Å². The molecule has 0 bridgehead atoms. The van der Waals surface area contributed by atoms with Gasteiger partial charge < -0.3 is 15.2 Å². The predicted octanol–water partition coefficient (Wildman–Crippen LogP) is 4.46. The van der Waals surface area contributed by atoms with E-state index in [0.717, 1.165) is 4.90 Å². The maximum absolute atomic E-state index is 13.0. The minimum absolute atomic E-state index is 0.0971. The number of halogens is 1. The van der Waals surface area contributed by atoms with Crippen LogP contribution in [0.1, 0.15) is 46.6 Å². The van der Waals surface area contributed by atoms with E-state index in [1.165, 1.54) is 13.2 Å². The zero-order chi connectivity index (χ0) is 20.9. The van der Waals surface area contributed by atoms with Crippen molar-refractivity contribution in [3.05, 3.63) is 22.2 Å². The molecular formula is C19H26BrN3O4. The maximum Gasteiger partial charge on any atom is 0.408 e. The smallest absolute Gasteiger partial charge is 0.408 e. The normalized spacial score (nSPS) is 12.3. The Labute approximate surface area is 168 Å². The van der Waals surface area contributed by atoms with Crippen LogP contribution in [0.2, 0.25) is 0 Å². The molecule has 0 fully saturated rings. The number of methoxy groups -OCH3 is 1. The monoisotopic (exact) mass is 439 g/mol. The van der Waals surface area contributed by atoms with E-state index in [2.05, 4.69) is 21.2 Å². The van der Waals surface area contributed by atoms with E-state index in [4.69, 9.17) is 4.74 Å². The summed E-state index contributed by atoms with van der Waals surface area (Å²) in [6, 6.07) is 4.21. The number of nitrogens with zero attached hydrogens (tertiary/aromatic N) is 2. The molecule has 0 saturated heterocycles. The lowest BCUT2D eigenvalue weighted by Crippen LogP contribution is -2.56. The Bertz CT molecular complexity index is 751. The van der Waals surface area contributed by atoms with E-state index < -0.39 is 23.6 Å². The first kappa shape index (κ1) is 22.8. The third-order valence-corrected chi connectivity index (χ3v) is 4.53. The van der Waals surface area contributed by atoms with Crippen LogP contribution in [-0.4, -0.2) is 40.7 Å². The molecule has 1 aromatic rings. The molecule has 0 heterocycles. The number of nitriles is 1. The van der Waals surface area contributed by atoms with Gasteiger partial charge in [-0.05, 0) is 55.1 Å². The first-order valence-electron chi connectivity index (χ1n) is 8.53. The first-order valence-corrected chi connectivity index (χ1v) is 9.32. The summed E-state index contributed by atoms with van der Waals surface area (Å²) < 4.78 is 5.80. The van der Waals surface area contributed by atoms with Crippen molar-refractivity contribution in [2.45, 2.75) is 52.6 Å². The van der Waals surface area contributed by atoms with Crippen LogP contribution in [0.3, 0.4) is 0 Å². The van der Waals surface area contributed by atoms with E-state index in [1.807, 2.05) is 19.9 Å². The molecule has 2 N–H and O–H groups in total. The Balaban J connectivity index is 3.33. The summed E-state index contributed by atoms with van der Waals surface area (Å²) in [5, 5.41) is 21.8. The van der Waals surface area contributed by atoms with E-state index in [-0.39, 0.29) is 17.2 Å². The van der Waals surface area contributed by atoms with Crippen LogP contribution in [0.15, 0.2) is 16.6 Å². The highest BCUT2D eigenvalue weighted by molar-refractivity contribution is 9.10. The predicted molar refractivity (Wildman–Crippen MR) is 107 cm³/mol. The Morgan fingerprint density at radius 1 is 1.37 bits per heavy atom. The van der Waals surface area contributed by atoms with E-state index in [9.17, 15) is 20.0 Å². The second-order valence-electron chi connectivity index (χ2n) is 7.60. The molecule has 0 aliphatic carbocycles. The molecule has 0 unspecified atom stereocenters. The molecule has 1 rings (SSSR count). The highest BCUT2D eigenvalue weighted by Gasteiger charge is 2.38. The molecule has 27 heavy (non-hydrogen) atoms. The quantitative estimate of drug-likeness (QED) is 0.680. The number of carbonyl (C=O) groups excluding carboxylic acids is 1. The molecule has 8 heteroatoms. The van der Waals surface area contributed by atoms with Crippen molar-refractivity contribution in [1.82, 2.24) is 4.90 Å². The second-order valence-corrected chi connectivity index (χ2v) is 8.46. The Morgan fingerprint density at radius 3 is 2.37 bits per heavy atom. The Morgan fingerprint density at radius 2 is 1.96 bits per heavy atom. The average molecular weight is 440 g/mol. The summed E-state index contributed by atoms with van der Waals surface area (Å²) in [5.41, 5.74) is -0.245. The van der Waals surface area contributed by atoms with Crippen LogP contribution in [0.5, 0.6) is 5.75 Å². The molecule has 0 aromatic heterocycles. The number of nitrogens with one attached hydrogen (secondary N) is 1. The molecule has 1 aromatic carbocycles. The third-order valence-electron chi connectivity index (χ3n) is 3.91. The fourth-order valence-electron chi connectivity index (χ4n) is 2.79. The summed E-state index contributed by atoms with van der Waals surface area (Å²) in [5.74, 6) is 0.0670. The summed E-state index contributed by atoms with van der Waals surface area (Å²) >= 11 is 3.30. The highest BCUT2D eigenvalue weighted by Crippen LogP contribution is 2.32. The van der Waals surface area contributed by atoms with Crippen molar-refractivity contribution in [3.63, 3.8) is 0 Å². The Hall–Kier alpha value is -2.27. The van der Waals surface area contributed by atoms with Crippen LogP contribution in [0.4, 0.5) is 10.5 Å². The topological polar surface area (TPSA) is 103 Å². The maximum atomic E-state index is 13.0. The zero-order valence-corrected chi connectivity index (χ0v) is 18.0. The van der Waals surface area contributed by atoms with Crippen LogP contribution >= 0.6 is 15.9 Å². The minimum Gasteiger partial charge on any atom is -0.495 e. The van der Waals surface area contributed by atoms with Gasteiger partial charge in [0.2, 0.25) is 5.91 Å². The molecule has 7 nitrogen and oxygen atoms in total. The van der Waals surface area contributed by atoms with Gasteiger partial charge in [0.25, 0.3) is 0 Å². The van der Waals surface area contributed by atoms with Crippen molar-refractivity contribution in [2.24, 2.45) is 5.92 Å². The van der Waals surface area contributed by atoms with Gasteiger partial charge in [0, 0.05) is 11.6 Å². The summed E-state index contributed by atoms with van der Waals surface area (Å²) in [6.07, 6.45) is -0.817. The molecule has 0 aliphatic heterocycles. The summed E-state index contributed by atoms with van der Waals surface area (Å²) in [6.45, 7) is 9.07. The molecule has 0 spiro atoms. The van der Waals surface area contributed by atoms with Crippen LogP contribution in [0.25, 0.3) is 0 Å². The number of amides is 2. The van der Waals surface area contributed by atoms with Gasteiger partial charge in [-0.15, -0.1) is 0 Å². The van der Waals surface area contributed by atoms with Crippen LogP contribution in [0, 0.1) is 17.2 Å². The lowest BCUT2D eigenvalue weighted by Gasteiger charge is -2.39. The Kier molecular flexibility index (Phi) is 7.66. The van der Waals surface area contributed by atoms with Gasteiger partial charge in [-0.25, -0.2) is 4.79 Å². The summed E-state index contributed by atoms with van der Waals surface area (Å²) in [4.78, 5) is 26.0. The van der Waals surface area contributed by atoms with Crippen LogP contribution in [-0.2, 0) is 4.79 Å². The lowest BCUT2D eigenvalue weighted by molar-refractivity contribution is -0.123. The largest absolute Gasteiger partial charge is 0.495 e. The van der Waals surface area contributed by atoms with Gasteiger partial charge in [-0.3, -0.25) is 9.69 Å². The molecular weight excluding hydrogens is 414 g/mol. The molecule has 1 atom stereocenters. The van der Waals surface area contributed by atoms with Crippen molar-refractivity contribution < 1.29 is 19.4 Å². The number of anilines is 1. The number of carboxylic acid groups (broad SMARTS) is 1. The number of benzene rings is 1. The number of hydrogen-bond acceptors (Lipinski definition) is 4. The van der Waals surface area contributed by atoms with E-state index in [0.29, 0.717) is 16.6 Å². The molecule has 148 valence electrons. The standard InChI is InChI=1S/C19H26BrN3O4/c1-11(2)7-15(23(18(25)26)19(3,4)5)17(24)22-14-9-16(27-6)13(20)8-12(14)10-21/h8-9,11,15H,7H2,1-6H3,(H,22,24)(H,25,26)/t15-/m1/s1. The van der Waals surface area contributed by atoms with Gasteiger partial charge in [0.1, 0.15) is 17.9 Å². The highest BCUT2D eigenvalue weighted by atomic mass is 79.9. The SMILES string of the molecule is COc1cc(NC(=O)[C@@H](CC(C)C)N(C(=O)O)C(C)(C)C)c(C#N)cc1Br.